The molecule has 0 spiro atoms. The molecule has 192 valence electrons. The van der Waals surface area contributed by atoms with Crippen molar-refractivity contribution >= 4 is 40.9 Å². The number of piperazine rings is 1. The van der Waals surface area contributed by atoms with Crippen molar-refractivity contribution in [3.8, 4) is 0 Å². The number of anilines is 1. The topological polar surface area (TPSA) is 93.1 Å². The van der Waals surface area contributed by atoms with E-state index in [1.165, 1.54) is 16.0 Å². The highest BCUT2D eigenvalue weighted by molar-refractivity contribution is 8.03. The van der Waals surface area contributed by atoms with Gasteiger partial charge in [0.15, 0.2) is 12.2 Å². The lowest BCUT2D eigenvalue weighted by Gasteiger charge is -2.37. The molecule has 1 saturated heterocycles. The van der Waals surface area contributed by atoms with Crippen LogP contribution in [-0.4, -0.2) is 77.1 Å². The van der Waals surface area contributed by atoms with Gasteiger partial charge in [-0.1, -0.05) is 59.6 Å². The van der Waals surface area contributed by atoms with Crippen molar-refractivity contribution in [1.82, 2.24) is 10.2 Å². The summed E-state index contributed by atoms with van der Waals surface area (Å²) in [5.41, 5.74) is 3.55. The summed E-state index contributed by atoms with van der Waals surface area (Å²) >= 11 is 8.02. The van der Waals surface area contributed by atoms with Gasteiger partial charge in [0.2, 0.25) is 0 Å². The molecule has 2 aliphatic heterocycles. The van der Waals surface area contributed by atoms with Crippen LogP contribution in [0.15, 0.2) is 65.6 Å². The molecule has 2 aromatic rings. The number of hydrogen-bond donors (Lipinski definition) is 3. The summed E-state index contributed by atoms with van der Waals surface area (Å²) in [5, 5.41) is 26.5. The maximum atomic E-state index is 12.7. The highest BCUT2D eigenvalue weighted by Gasteiger charge is 2.34. The number of aliphatic hydroxyl groups is 2. The highest BCUT2D eigenvalue weighted by atomic mass is 35.5. The monoisotopic (exact) mass is 529 g/mol. The van der Waals surface area contributed by atoms with E-state index in [9.17, 15) is 19.8 Å². The molecule has 2 amide bonds. The van der Waals surface area contributed by atoms with Crippen LogP contribution in [0.2, 0.25) is 5.02 Å². The van der Waals surface area contributed by atoms with Gasteiger partial charge >= 0.3 is 0 Å². The normalized spacial score (nSPS) is 19.5. The Hall–Kier alpha value is -2.52. The maximum Gasteiger partial charge on any atom is 0.254 e. The molecule has 0 aliphatic carbocycles. The molecular formula is C27H32ClN3O4S. The summed E-state index contributed by atoms with van der Waals surface area (Å²) < 4.78 is 0. The van der Waals surface area contributed by atoms with E-state index in [0.717, 1.165) is 24.9 Å². The van der Waals surface area contributed by atoms with Gasteiger partial charge in [-0.05, 0) is 42.4 Å². The summed E-state index contributed by atoms with van der Waals surface area (Å²) in [5.74, 6) is -1.37. The van der Waals surface area contributed by atoms with Crippen LogP contribution in [0.3, 0.4) is 0 Å². The Morgan fingerprint density at radius 1 is 1.00 bits per heavy atom. The number of allylic oxidation sites excluding steroid dienone is 1. The first-order valence-electron chi connectivity index (χ1n) is 12.2. The fourth-order valence-electron chi connectivity index (χ4n) is 4.53. The molecule has 36 heavy (non-hydrogen) atoms. The predicted molar refractivity (Wildman–Crippen MR) is 144 cm³/mol. The molecule has 2 heterocycles. The Morgan fingerprint density at radius 3 is 2.42 bits per heavy atom. The molecule has 0 aromatic heterocycles. The smallest absolute Gasteiger partial charge is 0.254 e. The fourth-order valence-corrected chi connectivity index (χ4v) is 5.91. The molecule has 9 heteroatoms. The van der Waals surface area contributed by atoms with E-state index in [4.69, 9.17) is 11.6 Å². The fraction of sp³-hybridized carbons (Fsp3) is 0.407. The van der Waals surface area contributed by atoms with Gasteiger partial charge in [-0.25, -0.2) is 0 Å². The number of carbonyl (C=O) groups excluding carboxylic acids is 2. The van der Waals surface area contributed by atoms with E-state index in [2.05, 4.69) is 27.8 Å². The lowest BCUT2D eigenvalue weighted by Crippen LogP contribution is -2.55. The number of amides is 2. The minimum atomic E-state index is -1.80. The van der Waals surface area contributed by atoms with Gasteiger partial charge in [0, 0.05) is 38.0 Å². The van der Waals surface area contributed by atoms with Crippen LogP contribution < -0.4 is 10.2 Å². The number of para-hydroxylation sites is 1. The van der Waals surface area contributed by atoms with Crippen molar-refractivity contribution in [3.05, 3.63) is 76.2 Å². The molecule has 1 fully saturated rings. The highest BCUT2D eigenvalue weighted by Crippen LogP contribution is 2.33. The molecule has 7 nitrogen and oxygen atoms in total. The van der Waals surface area contributed by atoms with Crippen LogP contribution in [-0.2, 0) is 16.0 Å². The van der Waals surface area contributed by atoms with Crippen molar-refractivity contribution in [1.29, 1.82) is 0 Å². The minimum Gasteiger partial charge on any atom is -0.380 e. The third-order valence-electron chi connectivity index (χ3n) is 6.56. The summed E-state index contributed by atoms with van der Waals surface area (Å²) in [6, 6.07) is 17.8. The summed E-state index contributed by atoms with van der Waals surface area (Å²) in [6.45, 7) is 2.20. The molecule has 0 bridgehead atoms. The zero-order valence-electron chi connectivity index (χ0n) is 20.1. The van der Waals surface area contributed by atoms with E-state index in [1.54, 1.807) is 11.8 Å². The number of carbonyl (C=O) groups is 2. The number of hydrogen-bond acceptors (Lipinski definition) is 6. The second-order valence-electron chi connectivity index (χ2n) is 9.13. The Labute approximate surface area is 221 Å². The predicted octanol–water partition coefficient (Wildman–Crippen LogP) is 2.85. The lowest BCUT2D eigenvalue weighted by molar-refractivity contribution is -0.153. The van der Waals surface area contributed by atoms with Crippen molar-refractivity contribution in [3.63, 3.8) is 0 Å². The van der Waals surface area contributed by atoms with Crippen molar-refractivity contribution in [2.75, 3.05) is 37.6 Å². The first-order chi connectivity index (χ1) is 17.4. The average molecular weight is 530 g/mol. The molecule has 2 aromatic carbocycles. The summed E-state index contributed by atoms with van der Waals surface area (Å²) in [7, 11) is 0. The Kier molecular flexibility index (Phi) is 9.31. The molecule has 0 radical (unpaired) electrons. The zero-order valence-corrected chi connectivity index (χ0v) is 21.6. The van der Waals surface area contributed by atoms with Crippen molar-refractivity contribution < 1.29 is 19.8 Å². The van der Waals surface area contributed by atoms with Crippen LogP contribution in [0.4, 0.5) is 5.69 Å². The molecule has 1 unspecified atom stereocenters. The zero-order chi connectivity index (χ0) is 25.5. The van der Waals surface area contributed by atoms with Gasteiger partial charge in [-0.3, -0.25) is 9.59 Å². The van der Waals surface area contributed by atoms with Gasteiger partial charge < -0.3 is 25.3 Å². The number of benzene rings is 2. The quantitative estimate of drug-likeness (QED) is 0.462. The van der Waals surface area contributed by atoms with Gasteiger partial charge in [-0.2, -0.15) is 0 Å². The molecule has 4 rings (SSSR count). The number of nitrogens with zero attached hydrogens (tertiary/aromatic N) is 2. The molecule has 3 atom stereocenters. The lowest BCUT2D eigenvalue weighted by atomic mass is 10.0. The molecule has 2 aliphatic rings. The second kappa shape index (κ2) is 12.6. The van der Waals surface area contributed by atoms with Crippen LogP contribution in [0, 0.1) is 0 Å². The SMILES string of the molecule is O=C(NCCC1CC(Cc2ccccc2)=CS1)[C@H](O)[C@@H](O)C(=O)N1CCN(c2ccccc2Cl)CC1. The first kappa shape index (κ1) is 26.5. The largest absolute Gasteiger partial charge is 0.380 e. The van der Waals surface area contributed by atoms with E-state index in [-0.39, 0.29) is 0 Å². The Morgan fingerprint density at radius 2 is 1.69 bits per heavy atom. The number of halogens is 1. The number of nitrogens with one attached hydrogen (secondary N) is 1. The van der Waals surface area contributed by atoms with Crippen LogP contribution in [0.5, 0.6) is 0 Å². The number of thioether (sulfide) groups is 1. The average Bonchev–Trinajstić information content (AvgIpc) is 3.35. The Bertz CT molecular complexity index is 1080. The standard InChI is InChI=1S/C27H32ClN3O4S/c28-22-8-4-5-9-23(22)30-12-14-31(15-13-30)27(35)25(33)24(32)26(34)29-11-10-21-17-20(18-36-21)16-19-6-2-1-3-7-19/h1-9,18,21,24-25,32-33H,10-17H2,(H,29,34)/t21?,24-,25-/m1/s1. The minimum absolute atomic E-state index is 0.363. The van der Waals surface area contributed by atoms with Crippen molar-refractivity contribution in [2.45, 2.75) is 36.7 Å². The molecule has 0 saturated carbocycles. The van der Waals surface area contributed by atoms with Crippen LogP contribution in [0.1, 0.15) is 18.4 Å². The molecule has 3 N–H and O–H groups in total. The Balaban J connectivity index is 1.16. The third-order valence-corrected chi connectivity index (χ3v) is 8.14. The van der Waals surface area contributed by atoms with Crippen molar-refractivity contribution in [2.24, 2.45) is 0 Å². The van der Waals surface area contributed by atoms with E-state index >= 15 is 0 Å². The van der Waals surface area contributed by atoms with Crippen LogP contribution in [0.25, 0.3) is 0 Å². The van der Waals surface area contributed by atoms with E-state index in [0.29, 0.717) is 43.0 Å². The van der Waals surface area contributed by atoms with Gasteiger partial charge in [0.05, 0.1) is 10.7 Å². The molecular weight excluding hydrogens is 498 g/mol. The second-order valence-corrected chi connectivity index (χ2v) is 10.7. The summed E-state index contributed by atoms with van der Waals surface area (Å²) in [6.07, 6.45) is -0.972. The van der Waals surface area contributed by atoms with Gasteiger partial charge in [-0.15, -0.1) is 11.8 Å². The van der Waals surface area contributed by atoms with E-state index in [1.807, 2.05) is 42.5 Å². The third kappa shape index (κ3) is 6.82. The van der Waals surface area contributed by atoms with Gasteiger partial charge in [0.1, 0.15) is 0 Å². The maximum absolute atomic E-state index is 12.7. The summed E-state index contributed by atoms with van der Waals surface area (Å²) in [4.78, 5) is 28.6. The number of aliphatic hydroxyl groups excluding tert-OH is 2. The first-order valence-corrected chi connectivity index (χ1v) is 13.5. The van der Waals surface area contributed by atoms with Gasteiger partial charge in [0.25, 0.3) is 11.8 Å². The number of rotatable bonds is 9. The van der Waals surface area contributed by atoms with E-state index < -0.39 is 24.0 Å². The van der Waals surface area contributed by atoms with Crippen LogP contribution >= 0.6 is 23.4 Å².